The lowest BCUT2D eigenvalue weighted by Gasteiger charge is -2.07. The Hall–Kier alpha value is -1.55. The highest BCUT2D eigenvalue weighted by atomic mass is 35.5. The average molecular weight is 252 g/mol. The van der Waals surface area contributed by atoms with Crippen molar-refractivity contribution >= 4 is 11.6 Å². The van der Waals surface area contributed by atoms with Crippen LogP contribution < -0.4 is 4.74 Å². The summed E-state index contributed by atoms with van der Waals surface area (Å²) in [7, 11) is 0. The van der Waals surface area contributed by atoms with Crippen LogP contribution >= 0.6 is 11.6 Å². The summed E-state index contributed by atoms with van der Waals surface area (Å²) in [6.07, 6.45) is 2.59. The van der Waals surface area contributed by atoms with Gasteiger partial charge in [0.25, 0.3) is 0 Å². The van der Waals surface area contributed by atoms with Gasteiger partial charge in [0.05, 0.1) is 12.5 Å². The number of para-hydroxylation sites is 1. The summed E-state index contributed by atoms with van der Waals surface area (Å²) < 4.78 is 7.54. The van der Waals surface area contributed by atoms with Crippen LogP contribution in [-0.4, -0.2) is 21.4 Å². The Kier molecular flexibility index (Phi) is 4.38. The van der Waals surface area contributed by atoms with Crippen molar-refractivity contribution in [2.45, 2.75) is 18.8 Å². The van der Waals surface area contributed by atoms with E-state index in [-0.39, 0.29) is 0 Å². The van der Waals surface area contributed by atoms with Crippen LogP contribution in [0.25, 0.3) is 0 Å². The Balaban J connectivity index is 1.73. The topological polar surface area (TPSA) is 39.9 Å². The highest BCUT2D eigenvalue weighted by molar-refractivity contribution is 6.16. The number of rotatable bonds is 6. The lowest BCUT2D eigenvalue weighted by Crippen LogP contribution is -2.06. The van der Waals surface area contributed by atoms with Gasteiger partial charge in [0, 0.05) is 6.54 Å². The molecule has 0 aliphatic carbocycles. The van der Waals surface area contributed by atoms with Crippen LogP contribution in [0.3, 0.4) is 0 Å². The minimum atomic E-state index is 0.388. The molecule has 2 aromatic rings. The van der Waals surface area contributed by atoms with Gasteiger partial charge in [-0.15, -0.1) is 21.8 Å². The molecule has 0 aliphatic heterocycles. The molecule has 0 unspecified atom stereocenters. The van der Waals surface area contributed by atoms with E-state index < -0.39 is 0 Å². The van der Waals surface area contributed by atoms with E-state index in [1.54, 1.807) is 6.33 Å². The van der Waals surface area contributed by atoms with E-state index in [4.69, 9.17) is 16.3 Å². The third-order valence-electron chi connectivity index (χ3n) is 2.37. The molecule has 1 aromatic heterocycles. The lowest BCUT2D eigenvalue weighted by atomic mass is 10.3. The van der Waals surface area contributed by atoms with Crippen molar-refractivity contribution in [3.05, 3.63) is 42.5 Å². The molecule has 0 atom stereocenters. The summed E-state index contributed by atoms with van der Waals surface area (Å²) in [4.78, 5) is 0. The van der Waals surface area contributed by atoms with Gasteiger partial charge in [-0.2, -0.15) is 0 Å². The molecule has 17 heavy (non-hydrogen) atoms. The SMILES string of the molecule is ClCc1nncn1CCCOc1ccccc1. The fourth-order valence-electron chi connectivity index (χ4n) is 1.51. The number of aromatic nitrogens is 3. The summed E-state index contributed by atoms with van der Waals surface area (Å²) in [5.74, 6) is 2.08. The van der Waals surface area contributed by atoms with Gasteiger partial charge in [-0.3, -0.25) is 0 Å². The van der Waals surface area contributed by atoms with Crippen molar-refractivity contribution < 1.29 is 4.74 Å². The van der Waals surface area contributed by atoms with Crippen molar-refractivity contribution in [3.63, 3.8) is 0 Å². The largest absolute Gasteiger partial charge is 0.494 e. The van der Waals surface area contributed by atoms with Crippen LogP contribution in [0.1, 0.15) is 12.2 Å². The molecule has 0 saturated carbocycles. The van der Waals surface area contributed by atoms with E-state index in [2.05, 4.69) is 10.2 Å². The smallest absolute Gasteiger partial charge is 0.147 e. The van der Waals surface area contributed by atoms with E-state index in [1.807, 2.05) is 34.9 Å². The third kappa shape index (κ3) is 3.46. The fraction of sp³-hybridized carbons (Fsp3) is 0.333. The summed E-state index contributed by atoms with van der Waals surface area (Å²) in [6.45, 7) is 1.49. The predicted octanol–water partition coefficient (Wildman–Crippen LogP) is 2.49. The monoisotopic (exact) mass is 251 g/mol. The maximum atomic E-state index is 5.73. The zero-order valence-electron chi connectivity index (χ0n) is 9.42. The zero-order chi connectivity index (χ0) is 11.9. The van der Waals surface area contributed by atoms with Crippen LogP contribution in [-0.2, 0) is 12.4 Å². The Morgan fingerprint density at radius 1 is 1.24 bits per heavy atom. The van der Waals surface area contributed by atoms with Crippen molar-refractivity contribution in [2.24, 2.45) is 0 Å². The van der Waals surface area contributed by atoms with Crippen LogP contribution in [0.15, 0.2) is 36.7 Å². The van der Waals surface area contributed by atoms with Crippen molar-refractivity contribution in [2.75, 3.05) is 6.61 Å². The maximum Gasteiger partial charge on any atom is 0.147 e. The van der Waals surface area contributed by atoms with Gasteiger partial charge >= 0.3 is 0 Å². The molecule has 0 bridgehead atoms. The first kappa shape index (κ1) is 11.9. The van der Waals surface area contributed by atoms with E-state index in [1.165, 1.54) is 0 Å². The second-order valence-corrected chi connectivity index (χ2v) is 3.86. The van der Waals surface area contributed by atoms with Crippen LogP contribution in [0.4, 0.5) is 0 Å². The van der Waals surface area contributed by atoms with E-state index in [9.17, 15) is 0 Å². The Labute approximate surface area is 105 Å². The molecular weight excluding hydrogens is 238 g/mol. The Bertz CT molecular complexity index is 444. The first-order valence-corrected chi connectivity index (χ1v) is 6.04. The normalized spacial score (nSPS) is 10.4. The van der Waals surface area contributed by atoms with Crippen LogP contribution in [0, 0.1) is 0 Å². The second-order valence-electron chi connectivity index (χ2n) is 3.59. The number of alkyl halides is 1. The first-order chi connectivity index (χ1) is 8.40. The van der Waals surface area contributed by atoms with Gasteiger partial charge in [-0.1, -0.05) is 18.2 Å². The zero-order valence-corrected chi connectivity index (χ0v) is 10.2. The number of nitrogens with zero attached hydrogens (tertiary/aromatic N) is 3. The number of aryl methyl sites for hydroxylation is 1. The molecule has 0 aliphatic rings. The molecule has 2 rings (SSSR count). The molecule has 0 fully saturated rings. The average Bonchev–Trinajstić information content (AvgIpc) is 2.83. The quantitative estimate of drug-likeness (QED) is 0.585. The van der Waals surface area contributed by atoms with E-state index >= 15 is 0 Å². The van der Waals surface area contributed by atoms with Crippen LogP contribution in [0.5, 0.6) is 5.75 Å². The molecule has 5 heteroatoms. The fourth-order valence-corrected chi connectivity index (χ4v) is 1.72. The minimum Gasteiger partial charge on any atom is -0.494 e. The highest BCUT2D eigenvalue weighted by Gasteiger charge is 2.01. The molecule has 1 aromatic carbocycles. The Morgan fingerprint density at radius 2 is 2.06 bits per heavy atom. The molecule has 0 saturated heterocycles. The molecule has 0 N–H and O–H groups in total. The van der Waals surface area contributed by atoms with Gasteiger partial charge in [-0.05, 0) is 18.6 Å². The first-order valence-electron chi connectivity index (χ1n) is 5.50. The molecular formula is C12H14ClN3O. The highest BCUT2D eigenvalue weighted by Crippen LogP contribution is 2.09. The predicted molar refractivity (Wildman–Crippen MR) is 66.1 cm³/mol. The second kappa shape index (κ2) is 6.25. The molecule has 90 valence electrons. The van der Waals surface area contributed by atoms with E-state index in [0.717, 1.165) is 24.5 Å². The van der Waals surface area contributed by atoms with E-state index in [0.29, 0.717) is 12.5 Å². The van der Waals surface area contributed by atoms with Gasteiger partial charge < -0.3 is 9.30 Å². The van der Waals surface area contributed by atoms with Crippen molar-refractivity contribution in [3.8, 4) is 5.75 Å². The number of hydrogen-bond acceptors (Lipinski definition) is 3. The lowest BCUT2D eigenvalue weighted by molar-refractivity contribution is 0.301. The molecule has 0 spiro atoms. The standard InChI is InChI=1S/C12H14ClN3O/c13-9-12-15-14-10-16(12)7-4-8-17-11-5-2-1-3-6-11/h1-3,5-6,10H,4,7-9H2. The number of ether oxygens (including phenoxy) is 1. The van der Waals surface area contributed by atoms with Crippen molar-refractivity contribution in [1.82, 2.24) is 14.8 Å². The summed E-state index contributed by atoms with van der Waals surface area (Å²) in [6, 6.07) is 9.78. The van der Waals surface area contributed by atoms with Gasteiger partial charge in [0.1, 0.15) is 17.9 Å². The van der Waals surface area contributed by atoms with Gasteiger partial charge in [0.2, 0.25) is 0 Å². The number of benzene rings is 1. The number of halogens is 1. The van der Waals surface area contributed by atoms with Crippen LogP contribution in [0.2, 0.25) is 0 Å². The minimum absolute atomic E-state index is 0.388. The maximum absolute atomic E-state index is 5.73. The summed E-state index contributed by atoms with van der Waals surface area (Å²) in [5.41, 5.74) is 0. The Morgan fingerprint density at radius 3 is 2.82 bits per heavy atom. The summed E-state index contributed by atoms with van der Waals surface area (Å²) >= 11 is 5.73. The third-order valence-corrected chi connectivity index (χ3v) is 2.61. The molecule has 0 radical (unpaired) electrons. The van der Waals surface area contributed by atoms with Gasteiger partial charge in [-0.25, -0.2) is 0 Å². The molecule has 4 nitrogen and oxygen atoms in total. The number of hydrogen-bond donors (Lipinski definition) is 0. The van der Waals surface area contributed by atoms with Crippen molar-refractivity contribution in [1.29, 1.82) is 0 Å². The van der Waals surface area contributed by atoms with Gasteiger partial charge in [0.15, 0.2) is 0 Å². The molecule has 1 heterocycles. The summed E-state index contributed by atoms with van der Waals surface area (Å²) in [5, 5.41) is 7.73. The molecule has 0 amide bonds.